The van der Waals surface area contributed by atoms with Gasteiger partial charge in [0.15, 0.2) is 0 Å². The SMILES string of the molecule is [Si]c1ccccc1CBr. The second kappa shape index (κ2) is 3.18. The summed E-state index contributed by atoms with van der Waals surface area (Å²) in [5.41, 5.74) is 1.29. The topological polar surface area (TPSA) is 0 Å². The van der Waals surface area contributed by atoms with Gasteiger partial charge >= 0.3 is 0 Å². The standard InChI is InChI=1S/C7H6BrSi/c8-5-6-3-1-2-4-7(6)9/h1-4H,5H2. The third kappa shape index (κ3) is 1.66. The lowest BCUT2D eigenvalue weighted by atomic mass is 10.2. The highest BCUT2D eigenvalue weighted by Crippen LogP contribution is 1.99. The van der Waals surface area contributed by atoms with Crippen LogP contribution in [0.3, 0.4) is 0 Å². The van der Waals surface area contributed by atoms with Gasteiger partial charge in [-0.15, -0.1) is 0 Å². The minimum absolute atomic E-state index is 0.909. The summed E-state index contributed by atoms with van der Waals surface area (Å²) in [5.74, 6) is 0. The highest BCUT2D eigenvalue weighted by molar-refractivity contribution is 9.08. The van der Waals surface area contributed by atoms with Crippen LogP contribution in [-0.4, -0.2) is 10.2 Å². The van der Waals surface area contributed by atoms with Crippen molar-refractivity contribution in [3.8, 4) is 0 Å². The van der Waals surface area contributed by atoms with Crippen LogP contribution < -0.4 is 5.19 Å². The van der Waals surface area contributed by atoms with E-state index in [1.165, 1.54) is 5.56 Å². The number of hydrogen-bond acceptors (Lipinski definition) is 0. The van der Waals surface area contributed by atoms with E-state index in [-0.39, 0.29) is 0 Å². The molecule has 0 aliphatic carbocycles. The summed E-state index contributed by atoms with van der Waals surface area (Å²) in [4.78, 5) is 0. The van der Waals surface area contributed by atoms with E-state index in [4.69, 9.17) is 0 Å². The number of alkyl halides is 1. The molecule has 0 aromatic heterocycles. The van der Waals surface area contributed by atoms with Gasteiger partial charge in [-0.3, -0.25) is 0 Å². The second-order valence-corrected chi connectivity index (χ2v) is 2.89. The molecule has 0 nitrogen and oxygen atoms in total. The monoisotopic (exact) mass is 197 g/mol. The van der Waals surface area contributed by atoms with E-state index in [2.05, 4.69) is 32.2 Å². The van der Waals surface area contributed by atoms with Gasteiger partial charge < -0.3 is 0 Å². The average molecular weight is 198 g/mol. The smallest absolute Gasteiger partial charge is 0.0716 e. The van der Waals surface area contributed by atoms with Gasteiger partial charge in [0.05, 0.1) is 10.2 Å². The fourth-order valence-electron chi connectivity index (χ4n) is 0.637. The van der Waals surface area contributed by atoms with Crippen molar-refractivity contribution < 1.29 is 0 Å². The molecule has 45 valence electrons. The molecule has 0 saturated heterocycles. The summed E-state index contributed by atoms with van der Waals surface area (Å²) in [5, 5.41) is 2.07. The first kappa shape index (κ1) is 7.03. The van der Waals surface area contributed by atoms with Crippen LogP contribution in [0.2, 0.25) is 0 Å². The van der Waals surface area contributed by atoms with Gasteiger partial charge in [0.2, 0.25) is 0 Å². The molecule has 0 bridgehead atoms. The van der Waals surface area contributed by atoms with Crippen molar-refractivity contribution in [1.29, 1.82) is 0 Å². The fraction of sp³-hybridized carbons (Fsp3) is 0.143. The molecule has 3 radical (unpaired) electrons. The molecule has 1 aromatic rings. The summed E-state index contributed by atoms with van der Waals surface area (Å²) in [6.07, 6.45) is 0. The molecule has 2 heteroatoms. The molecule has 0 unspecified atom stereocenters. The van der Waals surface area contributed by atoms with Crippen molar-refractivity contribution in [3.05, 3.63) is 29.8 Å². The second-order valence-electron chi connectivity index (χ2n) is 1.79. The minimum atomic E-state index is 0.909. The Morgan fingerprint density at radius 1 is 1.33 bits per heavy atom. The maximum Gasteiger partial charge on any atom is 0.0716 e. The van der Waals surface area contributed by atoms with E-state index in [1.54, 1.807) is 0 Å². The summed E-state index contributed by atoms with van der Waals surface area (Å²) in [6, 6.07) is 8.15. The van der Waals surface area contributed by atoms with E-state index in [9.17, 15) is 0 Å². The molecule has 1 aromatic carbocycles. The van der Waals surface area contributed by atoms with Crippen molar-refractivity contribution in [2.45, 2.75) is 5.33 Å². The van der Waals surface area contributed by atoms with E-state index >= 15 is 0 Å². The van der Waals surface area contributed by atoms with Crippen LogP contribution in [0.4, 0.5) is 0 Å². The van der Waals surface area contributed by atoms with E-state index in [0.29, 0.717) is 0 Å². The lowest BCUT2D eigenvalue weighted by molar-refractivity contribution is 1.48. The quantitative estimate of drug-likeness (QED) is 0.472. The Morgan fingerprint density at radius 2 is 2.00 bits per heavy atom. The van der Waals surface area contributed by atoms with Gasteiger partial charge in [-0.05, 0) is 5.56 Å². The van der Waals surface area contributed by atoms with Crippen LogP contribution >= 0.6 is 15.9 Å². The summed E-state index contributed by atoms with van der Waals surface area (Å²) < 4.78 is 0. The van der Waals surface area contributed by atoms with Crippen molar-refractivity contribution in [3.63, 3.8) is 0 Å². The Labute approximate surface area is 66.8 Å². The Hall–Kier alpha value is -0.0831. The molecule has 0 amide bonds. The average Bonchev–Trinajstić information content (AvgIpc) is 1.89. The lowest BCUT2D eigenvalue weighted by Gasteiger charge is -1.97. The largest absolute Gasteiger partial charge is 0.0876 e. The maximum atomic E-state index is 3.47. The lowest BCUT2D eigenvalue weighted by Crippen LogP contribution is -2.06. The van der Waals surface area contributed by atoms with Crippen molar-refractivity contribution in [2.75, 3.05) is 0 Å². The van der Waals surface area contributed by atoms with Gasteiger partial charge in [-0.25, -0.2) is 0 Å². The maximum absolute atomic E-state index is 3.47. The first-order chi connectivity index (χ1) is 4.34. The third-order valence-corrected chi connectivity index (χ3v) is 2.25. The molecule has 0 spiro atoms. The summed E-state index contributed by atoms with van der Waals surface area (Å²) in [7, 11) is 3.47. The van der Waals surface area contributed by atoms with Crippen molar-refractivity contribution >= 4 is 31.4 Å². The van der Waals surface area contributed by atoms with Crippen molar-refractivity contribution in [2.24, 2.45) is 0 Å². The van der Waals surface area contributed by atoms with Crippen molar-refractivity contribution in [1.82, 2.24) is 0 Å². The molecular weight excluding hydrogens is 192 g/mol. The van der Waals surface area contributed by atoms with Crippen LogP contribution in [0, 0.1) is 0 Å². The fourth-order valence-corrected chi connectivity index (χ4v) is 1.65. The number of halogens is 1. The number of benzene rings is 1. The number of rotatable bonds is 1. The van der Waals surface area contributed by atoms with Crippen LogP contribution in [0.25, 0.3) is 0 Å². The Bertz CT molecular complexity index is 198. The minimum Gasteiger partial charge on any atom is -0.0876 e. The van der Waals surface area contributed by atoms with Gasteiger partial charge in [0.25, 0.3) is 0 Å². The van der Waals surface area contributed by atoms with Crippen LogP contribution in [0.15, 0.2) is 24.3 Å². The highest BCUT2D eigenvalue weighted by Gasteiger charge is 1.90. The first-order valence-electron chi connectivity index (χ1n) is 2.70. The molecule has 0 N–H and O–H groups in total. The van der Waals surface area contributed by atoms with Crippen LogP contribution in [0.5, 0.6) is 0 Å². The molecule has 0 heterocycles. The summed E-state index contributed by atoms with van der Waals surface area (Å²) >= 11 is 3.38. The van der Waals surface area contributed by atoms with Gasteiger partial charge in [0.1, 0.15) is 0 Å². The number of hydrogen-bond donors (Lipinski definition) is 0. The van der Waals surface area contributed by atoms with Crippen LogP contribution in [0.1, 0.15) is 5.56 Å². The molecule has 0 fully saturated rings. The van der Waals surface area contributed by atoms with E-state index in [1.807, 2.05) is 18.2 Å². The zero-order chi connectivity index (χ0) is 6.69. The van der Waals surface area contributed by atoms with Gasteiger partial charge in [-0.2, -0.15) is 0 Å². The molecule has 0 atom stereocenters. The van der Waals surface area contributed by atoms with E-state index < -0.39 is 0 Å². The zero-order valence-electron chi connectivity index (χ0n) is 4.89. The zero-order valence-corrected chi connectivity index (χ0v) is 7.48. The molecular formula is C7H6BrSi. The third-order valence-electron chi connectivity index (χ3n) is 1.16. The predicted molar refractivity (Wildman–Crippen MR) is 44.5 cm³/mol. The van der Waals surface area contributed by atoms with Gasteiger partial charge in [-0.1, -0.05) is 45.4 Å². The summed E-state index contributed by atoms with van der Waals surface area (Å²) in [6.45, 7) is 0. The molecule has 0 aliphatic rings. The molecule has 9 heavy (non-hydrogen) atoms. The Kier molecular flexibility index (Phi) is 2.48. The predicted octanol–water partition coefficient (Wildman–Crippen LogP) is 1.38. The van der Waals surface area contributed by atoms with Crippen LogP contribution in [-0.2, 0) is 5.33 Å². The molecule has 1 rings (SSSR count). The normalized spacial score (nSPS) is 9.56. The molecule has 0 aliphatic heterocycles. The Morgan fingerprint density at radius 3 is 2.44 bits per heavy atom. The molecule has 0 saturated carbocycles. The highest BCUT2D eigenvalue weighted by atomic mass is 79.9. The first-order valence-corrected chi connectivity index (χ1v) is 4.32. The Balaban J connectivity index is 3.01. The van der Waals surface area contributed by atoms with E-state index in [0.717, 1.165) is 10.5 Å². The van der Waals surface area contributed by atoms with Gasteiger partial charge in [0, 0.05) is 5.33 Å².